The Hall–Kier alpha value is -3.98. The third-order valence-corrected chi connectivity index (χ3v) is 4.94. The normalized spacial score (nSPS) is 12.3. The lowest BCUT2D eigenvalue weighted by Gasteiger charge is -2.22. The van der Waals surface area contributed by atoms with E-state index in [1.807, 2.05) is 6.92 Å². The number of aryl methyl sites for hydroxylation is 1. The van der Waals surface area contributed by atoms with Gasteiger partial charge in [-0.1, -0.05) is 19.4 Å². The van der Waals surface area contributed by atoms with Gasteiger partial charge in [-0.25, -0.2) is 22.0 Å². The molecule has 0 fully saturated rings. The lowest BCUT2D eigenvalue weighted by molar-refractivity contribution is -0.276. The second-order valence-electron chi connectivity index (χ2n) is 8.19. The molecule has 0 heterocycles. The van der Waals surface area contributed by atoms with Crippen LogP contribution >= 0.6 is 0 Å². The molecule has 0 aromatic heterocycles. The molecule has 16 heteroatoms. The van der Waals surface area contributed by atoms with E-state index in [4.69, 9.17) is 0 Å². The highest BCUT2D eigenvalue weighted by atomic mass is 19.4. The Balaban J connectivity index is 1.75. The largest absolute Gasteiger partial charge is 0.573 e. The van der Waals surface area contributed by atoms with Crippen LogP contribution in [0.4, 0.5) is 52.7 Å². The van der Waals surface area contributed by atoms with Gasteiger partial charge in [0.2, 0.25) is 5.75 Å². The summed E-state index contributed by atoms with van der Waals surface area (Å²) in [5.74, 6) is -15.2. The standard InChI is InChI=1S/C25H16F12O4/c1-2-3-12-4-5-20(15(26)6-12)38-11-23(31,32)39-13-7-16(27)21(17(28)8-13)24(33,34)40-14-9-18(29)22(19(30)10-14)41-25(35,36)37/h4-10H,2-3,11H2,1H3. The van der Waals surface area contributed by atoms with Crippen LogP contribution in [0.1, 0.15) is 24.5 Å². The molecule has 0 N–H and O–H groups in total. The second-order valence-corrected chi connectivity index (χ2v) is 8.19. The number of ether oxygens (including phenoxy) is 4. The molecule has 0 radical (unpaired) electrons. The van der Waals surface area contributed by atoms with Crippen molar-refractivity contribution in [3.8, 4) is 23.0 Å². The minimum absolute atomic E-state index is 0.106. The zero-order valence-corrected chi connectivity index (χ0v) is 20.3. The fourth-order valence-corrected chi connectivity index (χ4v) is 3.36. The highest BCUT2D eigenvalue weighted by molar-refractivity contribution is 5.37. The van der Waals surface area contributed by atoms with Crippen molar-refractivity contribution in [2.24, 2.45) is 0 Å². The van der Waals surface area contributed by atoms with Crippen LogP contribution in [0.15, 0.2) is 42.5 Å². The quantitative estimate of drug-likeness (QED) is 0.205. The second kappa shape index (κ2) is 11.9. The zero-order valence-electron chi connectivity index (χ0n) is 20.3. The molecule has 3 aromatic carbocycles. The highest BCUT2D eigenvalue weighted by Crippen LogP contribution is 2.39. The summed E-state index contributed by atoms with van der Waals surface area (Å²) in [6, 6.07) is 2.95. The SMILES string of the molecule is CCCc1ccc(OCC(F)(F)Oc2cc(F)c(C(F)(F)Oc3cc(F)c(OC(F)(F)F)c(F)c3)c(F)c2)c(F)c1. The fraction of sp³-hybridized carbons (Fsp3) is 0.280. The number of alkyl halides is 7. The third-order valence-electron chi connectivity index (χ3n) is 4.94. The van der Waals surface area contributed by atoms with E-state index in [1.54, 1.807) is 0 Å². The molecule has 0 spiro atoms. The summed E-state index contributed by atoms with van der Waals surface area (Å²) in [7, 11) is 0. The van der Waals surface area contributed by atoms with E-state index in [9.17, 15) is 52.7 Å². The first kappa shape index (κ1) is 31.5. The molecule has 0 saturated carbocycles. The predicted octanol–water partition coefficient (Wildman–Crippen LogP) is 8.41. The molecule has 0 saturated heterocycles. The van der Waals surface area contributed by atoms with Crippen LogP contribution in [-0.4, -0.2) is 19.1 Å². The summed E-state index contributed by atoms with van der Waals surface area (Å²) in [4.78, 5) is 0. The van der Waals surface area contributed by atoms with Crippen molar-refractivity contribution >= 4 is 0 Å². The first-order valence-electron chi connectivity index (χ1n) is 11.2. The van der Waals surface area contributed by atoms with E-state index < -0.39 is 82.8 Å². The van der Waals surface area contributed by atoms with Crippen molar-refractivity contribution in [2.75, 3.05) is 6.61 Å². The molecule has 0 bridgehead atoms. The monoisotopic (exact) mass is 608 g/mol. The average molecular weight is 608 g/mol. The molecule has 3 rings (SSSR count). The molecular weight excluding hydrogens is 592 g/mol. The molecule has 4 nitrogen and oxygen atoms in total. The Morgan fingerprint density at radius 3 is 1.68 bits per heavy atom. The van der Waals surface area contributed by atoms with Crippen LogP contribution in [0.2, 0.25) is 0 Å². The van der Waals surface area contributed by atoms with E-state index in [0.717, 1.165) is 12.1 Å². The Morgan fingerprint density at radius 1 is 0.634 bits per heavy atom. The lowest BCUT2D eigenvalue weighted by atomic mass is 10.1. The van der Waals surface area contributed by atoms with E-state index >= 15 is 0 Å². The molecule has 0 aliphatic carbocycles. The molecule has 3 aromatic rings. The van der Waals surface area contributed by atoms with Crippen molar-refractivity contribution in [1.82, 2.24) is 0 Å². The molecule has 0 unspecified atom stereocenters. The number of halogens is 12. The number of benzene rings is 3. The van der Waals surface area contributed by atoms with Gasteiger partial charge in [-0.05, 0) is 24.1 Å². The minimum atomic E-state index is -5.55. The van der Waals surface area contributed by atoms with Gasteiger partial charge in [-0.3, -0.25) is 0 Å². The molecule has 0 aliphatic rings. The van der Waals surface area contributed by atoms with Crippen molar-refractivity contribution in [1.29, 1.82) is 0 Å². The Kier molecular flexibility index (Phi) is 9.13. The lowest BCUT2D eigenvalue weighted by Crippen LogP contribution is -2.33. The Bertz CT molecular complexity index is 1350. The summed E-state index contributed by atoms with van der Waals surface area (Å²) in [5.41, 5.74) is -1.66. The van der Waals surface area contributed by atoms with Crippen molar-refractivity contribution < 1.29 is 71.6 Å². The van der Waals surface area contributed by atoms with E-state index in [2.05, 4.69) is 18.9 Å². The van der Waals surface area contributed by atoms with Gasteiger partial charge in [0.15, 0.2) is 29.8 Å². The zero-order chi connectivity index (χ0) is 30.8. The first-order chi connectivity index (χ1) is 18.9. The average Bonchev–Trinajstić information content (AvgIpc) is 2.79. The summed E-state index contributed by atoms with van der Waals surface area (Å²) in [5, 5.41) is 0. The van der Waals surface area contributed by atoms with Crippen molar-refractivity contribution in [3.05, 3.63) is 82.7 Å². The Labute approximate surface area is 223 Å². The van der Waals surface area contributed by atoms with Gasteiger partial charge < -0.3 is 18.9 Å². The van der Waals surface area contributed by atoms with Crippen LogP contribution in [0, 0.1) is 29.1 Å². The van der Waals surface area contributed by atoms with Gasteiger partial charge in [0.1, 0.15) is 28.7 Å². The first-order valence-corrected chi connectivity index (χ1v) is 11.2. The predicted molar refractivity (Wildman–Crippen MR) is 115 cm³/mol. The van der Waals surface area contributed by atoms with Gasteiger partial charge in [0.05, 0.1) is 0 Å². The molecule has 0 atom stereocenters. The highest BCUT2D eigenvalue weighted by Gasteiger charge is 2.43. The maximum Gasteiger partial charge on any atom is 0.573 e. The fourth-order valence-electron chi connectivity index (χ4n) is 3.36. The van der Waals surface area contributed by atoms with Crippen LogP contribution in [0.5, 0.6) is 23.0 Å². The van der Waals surface area contributed by atoms with Gasteiger partial charge in [0.25, 0.3) is 0 Å². The number of hydrogen-bond acceptors (Lipinski definition) is 4. The number of rotatable bonds is 11. The summed E-state index contributed by atoms with van der Waals surface area (Å²) < 4.78 is 180. The molecule has 41 heavy (non-hydrogen) atoms. The van der Waals surface area contributed by atoms with E-state index in [0.29, 0.717) is 18.4 Å². The maximum atomic E-state index is 14.5. The smallest absolute Gasteiger partial charge is 0.480 e. The molecule has 0 amide bonds. The van der Waals surface area contributed by atoms with E-state index in [1.165, 1.54) is 6.07 Å². The van der Waals surface area contributed by atoms with Crippen molar-refractivity contribution in [3.63, 3.8) is 0 Å². The van der Waals surface area contributed by atoms with Crippen LogP contribution in [0.25, 0.3) is 0 Å². The summed E-state index contributed by atoms with van der Waals surface area (Å²) >= 11 is 0. The van der Waals surface area contributed by atoms with Crippen LogP contribution < -0.4 is 18.9 Å². The molecule has 0 aliphatic heterocycles. The van der Waals surface area contributed by atoms with E-state index in [-0.39, 0.29) is 24.3 Å². The van der Waals surface area contributed by atoms with Crippen molar-refractivity contribution in [2.45, 2.75) is 38.3 Å². The van der Waals surface area contributed by atoms with Gasteiger partial charge in [0, 0.05) is 24.3 Å². The topological polar surface area (TPSA) is 36.9 Å². The summed E-state index contributed by atoms with van der Waals surface area (Å²) in [6.07, 6.45) is -13.8. The maximum absolute atomic E-state index is 14.5. The molecular formula is C25H16F12O4. The van der Waals surface area contributed by atoms with Gasteiger partial charge in [-0.2, -0.15) is 17.6 Å². The molecule has 224 valence electrons. The number of hydrogen-bond donors (Lipinski definition) is 0. The Morgan fingerprint density at radius 2 is 1.17 bits per heavy atom. The van der Waals surface area contributed by atoms with Gasteiger partial charge >= 0.3 is 18.6 Å². The summed E-state index contributed by atoms with van der Waals surface area (Å²) in [6.45, 7) is 0.167. The van der Waals surface area contributed by atoms with Crippen LogP contribution in [-0.2, 0) is 12.5 Å². The van der Waals surface area contributed by atoms with Crippen LogP contribution in [0.3, 0.4) is 0 Å². The third kappa shape index (κ3) is 8.27. The van der Waals surface area contributed by atoms with Gasteiger partial charge in [-0.15, -0.1) is 13.2 Å². The minimum Gasteiger partial charge on any atom is -0.480 e.